The zero-order chi connectivity index (χ0) is 41.0. The fourth-order valence-corrected chi connectivity index (χ4v) is 10.9. The Hall–Kier alpha value is -7.72. The normalized spacial score (nSPS) is 12.6. The van der Waals surface area contributed by atoms with E-state index in [1.54, 1.807) is 0 Å². The van der Waals surface area contributed by atoms with Gasteiger partial charge in [-0.05, 0) is 79.9 Å². The SMILES string of the molecule is c1ccc(-c2ccc(-c3nc(-c4ccc(-c5cccc6sc7ccccc7c56)cc4)cc(-c4ccc5c(c4)C(c4ccccc4)(c4ccccc4)c4ccccc4-5)n3)cc2)cc1. The molecule has 0 aliphatic heterocycles. The van der Waals surface area contributed by atoms with Crippen molar-refractivity contribution in [2.45, 2.75) is 5.41 Å². The van der Waals surface area contributed by atoms with Crippen molar-refractivity contribution in [2.75, 3.05) is 0 Å². The van der Waals surface area contributed by atoms with Gasteiger partial charge in [0.05, 0.1) is 16.8 Å². The molecular formula is C59H38N2S. The number of thiophene rings is 1. The third-order valence-corrected chi connectivity index (χ3v) is 13.8. The van der Waals surface area contributed by atoms with Crippen LogP contribution in [0.25, 0.3) is 87.5 Å². The fraction of sp³-hybridized carbons (Fsp3) is 0.0169. The summed E-state index contributed by atoms with van der Waals surface area (Å²) in [5.41, 5.74) is 16.6. The van der Waals surface area contributed by atoms with Gasteiger partial charge < -0.3 is 0 Å². The molecule has 1 aliphatic rings. The monoisotopic (exact) mass is 806 g/mol. The lowest BCUT2D eigenvalue weighted by atomic mass is 9.67. The molecule has 290 valence electrons. The van der Waals surface area contributed by atoms with Gasteiger partial charge in [-0.3, -0.25) is 0 Å². The summed E-state index contributed by atoms with van der Waals surface area (Å²) in [6.07, 6.45) is 0. The van der Waals surface area contributed by atoms with Gasteiger partial charge in [0, 0.05) is 36.9 Å². The van der Waals surface area contributed by atoms with E-state index in [9.17, 15) is 0 Å². The van der Waals surface area contributed by atoms with Crippen LogP contribution in [0.1, 0.15) is 22.3 Å². The molecule has 3 heteroatoms. The van der Waals surface area contributed by atoms with Gasteiger partial charge >= 0.3 is 0 Å². The van der Waals surface area contributed by atoms with E-state index in [0.717, 1.165) is 33.6 Å². The summed E-state index contributed by atoms with van der Waals surface area (Å²) in [6, 6.07) is 83.4. The average Bonchev–Trinajstić information content (AvgIpc) is 3.89. The molecule has 0 saturated carbocycles. The Kier molecular flexibility index (Phi) is 8.62. The third-order valence-electron chi connectivity index (χ3n) is 12.6. The van der Waals surface area contributed by atoms with Gasteiger partial charge in [0.25, 0.3) is 0 Å². The Morgan fingerprint density at radius 1 is 0.323 bits per heavy atom. The van der Waals surface area contributed by atoms with Gasteiger partial charge in [0.2, 0.25) is 0 Å². The molecule has 0 amide bonds. The second-order valence-electron chi connectivity index (χ2n) is 16.0. The first-order valence-electron chi connectivity index (χ1n) is 21.1. The molecule has 12 rings (SSSR count). The van der Waals surface area contributed by atoms with Gasteiger partial charge in [-0.15, -0.1) is 11.3 Å². The molecule has 0 bridgehead atoms. The molecule has 11 aromatic rings. The molecule has 0 radical (unpaired) electrons. The van der Waals surface area contributed by atoms with Crippen molar-refractivity contribution < 1.29 is 0 Å². The second kappa shape index (κ2) is 14.8. The smallest absolute Gasteiger partial charge is 0.160 e. The molecule has 0 unspecified atom stereocenters. The minimum atomic E-state index is -0.511. The molecule has 9 aromatic carbocycles. The molecule has 0 fully saturated rings. The van der Waals surface area contributed by atoms with E-state index in [1.807, 2.05) is 11.3 Å². The zero-order valence-corrected chi connectivity index (χ0v) is 34.6. The Morgan fingerprint density at radius 2 is 0.839 bits per heavy atom. The minimum Gasteiger partial charge on any atom is -0.228 e. The summed E-state index contributed by atoms with van der Waals surface area (Å²) in [7, 11) is 0. The lowest BCUT2D eigenvalue weighted by molar-refractivity contribution is 0.768. The number of fused-ring (bicyclic) bond motifs is 6. The molecule has 2 aromatic heterocycles. The number of hydrogen-bond acceptors (Lipinski definition) is 3. The van der Waals surface area contributed by atoms with E-state index in [-0.39, 0.29) is 0 Å². The van der Waals surface area contributed by atoms with Crippen LogP contribution in [0, 0.1) is 0 Å². The Labute approximate surface area is 365 Å². The van der Waals surface area contributed by atoms with Crippen LogP contribution in [0.2, 0.25) is 0 Å². The summed E-state index contributed by atoms with van der Waals surface area (Å²) < 4.78 is 2.61. The maximum Gasteiger partial charge on any atom is 0.160 e. The van der Waals surface area contributed by atoms with Gasteiger partial charge in [-0.25, -0.2) is 9.97 Å². The number of benzene rings is 9. The highest BCUT2D eigenvalue weighted by Crippen LogP contribution is 2.56. The molecule has 0 N–H and O–H groups in total. The molecule has 0 spiro atoms. The van der Waals surface area contributed by atoms with Crippen molar-refractivity contribution in [2.24, 2.45) is 0 Å². The number of nitrogens with zero attached hydrogens (tertiary/aromatic N) is 2. The van der Waals surface area contributed by atoms with Crippen molar-refractivity contribution >= 4 is 31.5 Å². The molecule has 0 atom stereocenters. The molecule has 1 aliphatic carbocycles. The molecule has 2 heterocycles. The number of hydrogen-bond donors (Lipinski definition) is 0. The third kappa shape index (κ3) is 5.85. The highest BCUT2D eigenvalue weighted by Gasteiger charge is 2.46. The van der Waals surface area contributed by atoms with Crippen molar-refractivity contribution in [1.29, 1.82) is 0 Å². The second-order valence-corrected chi connectivity index (χ2v) is 17.1. The minimum absolute atomic E-state index is 0.511. The Bertz CT molecular complexity index is 3390. The highest BCUT2D eigenvalue weighted by atomic mass is 32.1. The lowest BCUT2D eigenvalue weighted by Crippen LogP contribution is -2.28. The summed E-state index contributed by atoms with van der Waals surface area (Å²) >= 11 is 1.85. The lowest BCUT2D eigenvalue weighted by Gasteiger charge is -2.34. The van der Waals surface area contributed by atoms with Crippen molar-refractivity contribution in [1.82, 2.24) is 9.97 Å². The molecular weight excluding hydrogens is 769 g/mol. The maximum atomic E-state index is 5.38. The van der Waals surface area contributed by atoms with Gasteiger partial charge in [0.1, 0.15) is 0 Å². The quantitative estimate of drug-likeness (QED) is 0.160. The first-order chi connectivity index (χ1) is 30.7. The maximum absolute atomic E-state index is 5.38. The Balaban J connectivity index is 1.03. The van der Waals surface area contributed by atoms with Crippen LogP contribution in [-0.4, -0.2) is 9.97 Å². The van der Waals surface area contributed by atoms with E-state index in [0.29, 0.717) is 5.82 Å². The van der Waals surface area contributed by atoms with Crippen molar-refractivity contribution in [3.05, 3.63) is 253 Å². The fourth-order valence-electron chi connectivity index (χ4n) is 9.75. The highest BCUT2D eigenvalue weighted by molar-refractivity contribution is 7.25. The van der Waals surface area contributed by atoms with E-state index in [4.69, 9.17) is 9.97 Å². The zero-order valence-electron chi connectivity index (χ0n) is 33.7. The standard InChI is InChI=1S/C59H38N2S/c1-4-15-39(16-5-1)40-27-33-43(34-28-40)58-60-53(42-31-29-41(30-32-42)47-23-14-26-56-57(47)50-22-11-13-25-55(50)62-56)38-54(61-58)44-35-36-49-48-21-10-12-24-51(48)59(52(49)37-44,45-17-6-2-7-18-45)46-19-8-3-9-20-46/h1-38H. The summed E-state index contributed by atoms with van der Waals surface area (Å²) in [5, 5.41) is 2.61. The summed E-state index contributed by atoms with van der Waals surface area (Å²) in [4.78, 5) is 10.7. The first-order valence-corrected chi connectivity index (χ1v) is 22.0. The molecule has 2 nitrogen and oxygen atoms in total. The van der Waals surface area contributed by atoms with Gasteiger partial charge in [-0.1, -0.05) is 206 Å². The predicted molar refractivity (Wildman–Crippen MR) is 259 cm³/mol. The van der Waals surface area contributed by atoms with Crippen LogP contribution in [0.15, 0.2) is 231 Å². The van der Waals surface area contributed by atoms with Gasteiger partial charge in [-0.2, -0.15) is 0 Å². The van der Waals surface area contributed by atoms with Crippen LogP contribution >= 0.6 is 11.3 Å². The van der Waals surface area contributed by atoms with Crippen LogP contribution in [0.4, 0.5) is 0 Å². The Morgan fingerprint density at radius 3 is 1.58 bits per heavy atom. The van der Waals surface area contributed by atoms with Crippen LogP contribution in [0.3, 0.4) is 0 Å². The topological polar surface area (TPSA) is 25.8 Å². The van der Waals surface area contributed by atoms with E-state index in [1.165, 1.54) is 70.2 Å². The molecule has 0 saturated heterocycles. The van der Waals surface area contributed by atoms with Crippen LogP contribution < -0.4 is 0 Å². The predicted octanol–water partition coefficient (Wildman–Crippen LogP) is 15.5. The average molecular weight is 807 g/mol. The number of aromatic nitrogens is 2. The number of rotatable bonds is 7. The first kappa shape index (κ1) is 36.2. The van der Waals surface area contributed by atoms with Crippen LogP contribution in [-0.2, 0) is 5.41 Å². The summed E-state index contributed by atoms with van der Waals surface area (Å²) in [5.74, 6) is 0.692. The van der Waals surface area contributed by atoms with E-state index >= 15 is 0 Å². The van der Waals surface area contributed by atoms with Crippen molar-refractivity contribution in [3.8, 4) is 67.3 Å². The van der Waals surface area contributed by atoms with Crippen molar-refractivity contribution in [3.63, 3.8) is 0 Å². The van der Waals surface area contributed by atoms with E-state index < -0.39 is 5.41 Å². The largest absolute Gasteiger partial charge is 0.228 e. The van der Waals surface area contributed by atoms with Crippen LogP contribution in [0.5, 0.6) is 0 Å². The van der Waals surface area contributed by atoms with Gasteiger partial charge in [0.15, 0.2) is 5.82 Å². The van der Waals surface area contributed by atoms with E-state index in [2.05, 4.69) is 231 Å². The molecule has 62 heavy (non-hydrogen) atoms. The summed E-state index contributed by atoms with van der Waals surface area (Å²) in [6.45, 7) is 0.